The maximum Gasteiger partial charge on any atom is 0.417 e. The molecule has 0 radical (unpaired) electrons. The first-order valence-electron chi connectivity index (χ1n) is 6.27. The van der Waals surface area contributed by atoms with Crippen molar-refractivity contribution in [3.05, 3.63) is 46.5 Å². The van der Waals surface area contributed by atoms with E-state index in [1.807, 2.05) is 0 Å². The van der Waals surface area contributed by atoms with E-state index in [9.17, 15) is 18.0 Å². The number of rotatable bonds is 4. The third kappa shape index (κ3) is 3.97. The smallest absolute Gasteiger partial charge is 0.350 e. The fourth-order valence-electron chi connectivity index (χ4n) is 1.69. The van der Waals surface area contributed by atoms with Gasteiger partial charge >= 0.3 is 6.18 Å². The highest BCUT2D eigenvalue weighted by atomic mass is 35.5. The van der Waals surface area contributed by atoms with Crippen LogP contribution in [-0.2, 0) is 19.6 Å². The topological polar surface area (TPSA) is 59.8 Å². The van der Waals surface area contributed by atoms with Gasteiger partial charge in [-0.15, -0.1) is 0 Å². The Labute approximate surface area is 129 Å². The Balaban J connectivity index is 1.87. The largest absolute Gasteiger partial charge is 0.417 e. The number of carbonyl (C=O) groups excluding carboxylic acids is 1. The summed E-state index contributed by atoms with van der Waals surface area (Å²) in [6.45, 7) is 0.228. The van der Waals surface area contributed by atoms with Crippen LogP contribution in [-0.4, -0.2) is 27.2 Å². The monoisotopic (exact) mass is 332 g/mol. The zero-order chi connectivity index (χ0) is 16.3. The normalized spacial score (nSPS) is 11.5. The van der Waals surface area contributed by atoms with Crippen molar-refractivity contribution in [2.75, 3.05) is 6.54 Å². The number of nitrogens with zero attached hydrogens (tertiary/aromatic N) is 3. The van der Waals surface area contributed by atoms with E-state index >= 15 is 0 Å². The highest BCUT2D eigenvalue weighted by Gasteiger charge is 2.30. The summed E-state index contributed by atoms with van der Waals surface area (Å²) in [6.07, 6.45) is -3.32. The average Bonchev–Trinajstić information content (AvgIpc) is 2.78. The van der Waals surface area contributed by atoms with Gasteiger partial charge in [0.15, 0.2) is 5.69 Å². The first-order chi connectivity index (χ1) is 10.3. The van der Waals surface area contributed by atoms with E-state index in [0.29, 0.717) is 17.3 Å². The van der Waals surface area contributed by atoms with Crippen LogP contribution in [0.4, 0.5) is 13.2 Å². The molecule has 2 aromatic rings. The minimum absolute atomic E-state index is 0.174. The third-order valence-corrected chi connectivity index (χ3v) is 3.23. The fraction of sp³-hybridized carbons (Fsp3) is 0.308. The molecule has 0 saturated heterocycles. The molecule has 0 atom stereocenters. The van der Waals surface area contributed by atoms with E-state index in [2.05, 4.69) is 15.4 Å². The van der Waals surface area contributed by atoms with Crippen LogP contribution in [0, 0.1) is 0 Å². The number of aryl methyl sites for hydroxylation is 1. The lowest BCUT2D eigenvalue weighted by atomic mass is 10.2. The van der Waals surface area contributed by atoms with Gasteiger partial charge in [-0.2, -0.15) is 18.3 Å². The van der Waals surface area contributed by atoms with Gasteiger partial charge in [0.1, 0.15) is 5.15 Å². The number of amides is 1. The molecule has 2 rings (SSSR count). The molecule has 2 aromatic heterocycles. The molecule has 0 aliphatic carbocycles. The lowest BCUT2D eigenvalue weighted by molar-refractivity contribution is -0.137. The van der Waals surface area contributed by atoms with Gasteiger partial charge in [0.05, 0.1) is 5.56 Å². The van der Waals surface area contributed by atoms with E-state index in [0.717, 1.165) is 12.3 Å². The summed E-state index contributed by atoms with van der Waals surface area (Å²) in [7, 11) is 1.60. The summed E-state index contributed by atoms with van der Waals surface area (Å²) in [4.78, 5) is 15.5. The molecule has 9 heteroatoms. The molecule has 5 nitrogen and oxygen atoms in total. The second-order valence-electron chi connectivity index (χ2n) is 4.52. The molecule has 118 valence electrons. The van der Waals surface area contributed by atoms with Crippen molar-refractivity contribution < 1.29 is 18.0 Å². The van der Waals surface area contributed by atoms with Crippen LogP contribution >= 0.6 is 11.6 Å². The molecule has 0 bridgehead atoms. The van der Waals surface area contributed by atoms with Crippen LogP contribution in [0.1, 0.15) is 21.7 Å². The van der Waals surface area contributed by atoms with E-state index in [4.69, 9.17) is 11.6 Å². The summed E-state index contributed by atoms with van der Waals surface area (Å²) in [5.41, 5.74) is -0.177. The lowest BCUT2D eigenvalue weighted by Gasteiger charge is -2.07. The molecule has 0 aliphatic heterocycles. The van der Waals surface area contributed by atoms with Gasteiger partial charge in [0.25, 0.3) is 5.91 Å². The molecule has 0 unspecified atom stereocenters. The Hall–Kier alpha value is -2.09. The maximum atomic E-state index is 12.4. The molecule has 0 aromatic carbocycles. The van der Waals surface area contributed by atoms with E-state index in [1.165, 1.54) is 16.8 Å². The van der Waals surface area contributed by atoms with Crippen LogP contribution in [0.2, 0.25) is 5.15 Å². The van der Waals surface area contributed by atoms with Gasteiger partial charge in [-0.1, -0.05) is 11.6 Å². The number of nitrogens with one attached hydrogen (secondary N) is 1. The number of carbonyl (C=O) groups is 1. The van der Waals surface area contributed by atoms with Crippen molar-refractivity contribution >= 4 is 17.5 Å². The van der Waals surface area contributed by atoms with Crippen LogP contribution in [0.3, 0.4) is 0 Å². The molecular formula is C13H12ClF3N4O. The molecule has 0 fully saturated rings. The minimum Gasteiger partial charge on any atom is -0.350 e. The standard InChI is InChI=1S/C13H12ClF3N4O/c1-21-11(14)6-10(20-21)12(22)18-5-4-9-3-2-8(7-19-9)13(15,16)17/h2-3,6-7H,4-5H2,1H3,(H,18,22). The average molecular weight is 333 g/mol. The van der Waals surface area contributed by atoms with Crippen LogP contribution in [0.25, 0.3) is 0 Å². The second kappa shape index (κ2) is 6.35. The van der Waals surface area contributed by atoms with Crippen molar-refractivity contribution in [2.24, 2.45) is 7.05 Å². The number of aromatic nitrogens is 3. The van der Waals surface area contributed by atoms with E-state index < -0.39 is 17.6 Å². The van der Waals surface area contributed by atoms with Crippen LogP contribution in [0.5, 0.6) is 0 Å². The van der Waals surface area contributed by atoms with Crippen LogP contribution in [0.15, 0.2) is 24.4 Å². The molecule has 0 spiro atoms. The van der Waals surface area contributed by atoms with Crippen molar-refractivity contribution in [1.29, 1.82) is 0 Å². The molecular weight excluding hydrogens is 321 g/mol. The zero-order valence-corrected chi connectivity index (χ0v) is 12.2. The van der Waals surface area contributed by atoms with Crippen molar-refractivity contribution in [3.8, 4) is 0 Å². The summed E-state index contributed by atoms with van der Waals surface area (Å²) in [5.74, 6) is -0.408. The minimum atomic E-state index is -4.40. The number of hydrogen-bond acceptors (Lipinski definition) is 3. The number of hydrogen-bond donors (Lipinski definition) is 1. The summed E-state index contributed by atoms with van der Waals surface area (Å²) in [6, 6.07) is 3.67. The van der Waals surface area contributed by atoms with Gasteiger partial charge in [0.2, 0.25) is 0 Å². The molecule has 0 saturated carbocycles. The molecule has 1 N–H and O–H groups in total. The quantitative estimate of drug-likeness (QED) is 0.935. The fourth-order valence-corrected chi connectivity index (χ4v) is 1.83. The lowest BCUT2D eigenvalue weighted by Crippen LogP contribution is -2.26. The number of alkyl halides is 3. The Kier molecular flexibility index (Phi) is 4.70. The van der Waals surface area contributed by atoms with Gasteiger partial charge in [0, 0.05) is 38.0 Å². The molecule has 22 heavy (non-hydrogen) atoms. The van der Waals surface area contributed by atoms with Crippen molar-refractivity contribution in [2.45, 2.75) is 12.6 Å². The SMILES string of the molecule is Cn1nc(C(=O)NCCc2ccc(C(F)(F)F)cn2)cc1Cl. The summed E-state index contributed by atoms with van der Waals surface area (Å²) in [5, 5.41) is 6.83. The summed E-state index contributed by atoms with van der Waals surface area (Å²) < 4.78 is 38.5. The van der Waals surface area contributed by atoms with Gasteiger partial charge < -0.3 is 5.32 Å². The molecule has 2 heterocycles. The van der Waals surface area contributed by atoms with E-state index in [1.54, 1.807) is 7.05 Å². The highest BCUT2D eigenvalue weighted by molar-refractivity contribution is 6.29. The second-order valence-corrected chi connectivity index (χ2v) is 4.91. The van der Waals surface area contributed by atoms with Gasteiger partial charge in [-0.3, -0.25) is 14.5 Å². The Morgan fingerprint density at radius 3 is 2.64 bits per heavy atom. The van der Waals surface area contributed by atoms with E-state index in [-0.39, 0.29) is 12.2 Å². The molecule has 1 amide bonds. The summed E-state index contributed by atoms with van der Waals surface area (Å²) >= 11 is 5.77. The van der Waals surface area contributed by atoms with Gasteiger partial charge in [-0.25, -0.2) is 0 Å². The zero-order valence-electron chi connectivity index (χ0n) is 11.5. The number of halogens is 4. The van der Waals surface area contributed by atoms with Crippen molar-refractivity contribution in [3.63, 3.8) is 0 Å². The maximum absolute atomic E-state index is 12.4. The third-order valence-electron chi connectivity index (χ3n) is 2.87. The first-order valence-corrected chi connectivity index (χ1v) is 6.65. The Morgan fingerprint density at radius 1 is 1.41 bits per heavy atom. The Bertz CT molecular complexity index is 647. The highest BCUT2D eigenvalue weighted by Crippen LogP contribution is 2.28. The van der Waals surface area contributed by atoms with Crippen LogP contribution < -0.4 is 5.32 Å². The Morgan fingerprint density at radius 2 is 2.14 bits per heavy atom. The molecule has 0 aliphatic rings. The predicted molar refractivity (Wildman–Crippen MR) is 73.5 cm³/mol. The first kappa shape index (κ1) is 16.3. The predicted octanol–water partition coefficient (Wildman–Crippen LogP) is 2.46. The van der Waals surface area contributed by atoms with Gasteiger partial charge in [-0.05, 0) is 12.1 Å². The van der Waals surface area contributed by atoms with Crippen molar-refractivity contribution in [1.82, 2.24) is 20.1 Å². The number of pyridine rings is 1.